The van der Waals surface area contributed by atoms with Crippen molar-refractivity contribution in [2.45, 2.75) is 107 Å². The monoisotopic (exact) mass is 496 g/mol. The molecule has 0 aliphatic carbocycles. The molecule has 34 heavy (non-hydrogen) atoms. The standard InChI is InChI=1S/C23H44O11/c1-5-6-7-8-9-10-11-31-23-21(30-4)20(29-3)19(34-23)15(13-28-2)32-22-17(27)16(26)18(33-22)14(25)12-24/h14-27H,5-13H2,1-4H3/t14-,15-,16+,17+,18-,19?,20-,21+,22+,23+/m0/s1. The van der Waals surface area contributed by atoms with Crippen LogP contribution in [0.2, 0.25) is 0 Å². The van der Waals surface area contributed by atoms with E-state index in [1.54, 1.807) is 7.11 Å². The summed E-state index contributed by atoms with van der Waals surface area (Å²) < 4.78 is 40.1. The predicted molar refractivity (Wildman–Crippen MR) is 120 cm³/mol. The van der Waals surface area contributed by atoms with Crippen LogP contribution >= 0.6 is 0 Å². The number of rotatable bonds is 17. The molecule has 0 bridgehead atoms. The number of aliphatic hydroxyl groups is 4. The lowest BCUT2D eigenvalue weighted by atomic mass is 10.0. The van der Waals surface area contributed by atoms with Crippen LogP contribution in [0.5, 0.6) is 0 Å². The van der Waals surface area contributed by atoms with Crippen molar-refractivity contribution in [2.75, 3.05) is 41.2 Å². The fourth-order valence-electron chi connectivity index (χ4n) is 4.43. The van der Waals surface area contributed by atoms with Crippen molar-refractivity contribution in [3.05, 3.63) is 0 Å². The van der Waals surface area contributed by atoms with Gasteiger partial charge < -0.3 is 53.6 Å². The van der Waals surface area contributed by atoms with Crippen LogP contribution < -0.4 is 0 Å². The third kappa shape index (κ3) is 7.78. The fourth-order valence-corrected chi connectivity index (χ4v) is 4.43. The average molecular weight is 497 g/mol. The largest absolute Gasteiger partial charge is 0.394 e. The zero-order valence-electron chi connectivity index (χ0n) is 20.8. The van der Waals surface area contributed by atoms with Gasteiger partial charge in [0.2, 0.25) is 0 Å². The Labute approximate surface area is 202 Å². The molecule has 202 valence electrons. The van der Waals surface area contributed by atoms with E-state index < -0.39 is 68.0 Å². The SMILES string of the molecule is CCCCCCCCO[C@@H]1OC([C@H](COC)O[C@@H]2O[C@@H]([C@@H](O)CO)[C@H](O)[C@H]2O)[C@H](OC)[C@H]1OC. The third-order valence-corrected chi connectivity index (χ3v) is 6.36. The highest BCUT2D eigenvalue weighted by atomic mass is 16.8. The van der Waals surface area contributed by atoms with Crippen LogP contribution in [-0.4, -0.2) is 123 Å². The molecule has 2 rings (SSSR count). The zero-order chi connectivity index (χ0) is 25.1. The van der Waals surface area contributed by atoms with Gasteiger partial charge in [-0.2, -0.15) is 0 Å². The van der Waals surface area contributed by atoms with Crippen molar-refractivity contribution in [1.82, 2.24) is 0 Å². The van der Waals surface area contributed by atoms with E-state index in [0.717, 1.165) is 12.8 Å². The summed E-state index contributed by atoms with van der Waals surface area (Å²) >= 11 is 0. The first kappa shape index (κ1) is 29.8. The summed E-state index contributed by atoms with van der Waals surface area (Å²) in [6.07, 6.45) is -3.07. The molecule has 0 aromatic heterocycles. The number of unbranched alkanes of at least 4 members (excludes halogenated alkanes) is 5. The van der Waals surface area contributed by atoms with Gasteiger partial charge in [0.05, 0.1) is 13.2 Å². The van der Waals surface area contributed by atoms with Gasteiger partial charge in [-0.1, -0.05) is 39.0 Å². The summed E-state index contributed by atoms with van der Waals surface area (Å²) in [5, 5.41) is 39.6. The van der Waals surface area contributed by atoms with Crippen LogP contribution in [0.4, 0.5) is 0 Å². The van der Waals surface area contributed by atoms with Crippen molar-refractivity contribution in [1.29, 1.82) is 0 Å². The lowest BCUT2D eigenvalue weighted by Gasteiger charge is -2.30. The van der Waals surface area contributed by atoms with Gasteiger partial charge in [-0.25, -0.2) is 0 Å². The maximum Gasteiger partial charge on any atom is 0.187 e. The topological polar surface area (TPSA) is 146 Å². The fraction of sp³-hybridized carbons (Fsp3) is 1.00. The first-order valence-electron chi connectivity index (χ1n) is 12.2. The lowest BCUT2D eigenvalue weighted by Crippen LogP contribution is -2.47. The van der Waals surface area contributed by atoms with Crippen molar-refractivity contribution >= 4 is 0 Å². The Kier molecular flexibility index (Phi) is 13.7. The molecule has 0 spiro atoms. The van der Waals surface area contributed by atoms with E-state index in [0.29, 0.717) is 6.61 Å². The molecule has 0 aromatic rings. The van der Waals surface area contributed by atoms with Crippen molar-refractivity contribution in [2.24, 2.45) is 0 Å². The van der Waals surface area contributed by atoms with Crippen LogP contribution in [-0.2, 0) is 33.2 Å². The van der Waals surface area contributed by atoms with Crippen LogP contribution in [0.1, 0.15) is 45.4 Å². The van der Waals surface area contributed by atoms with Gasteiger partial charge in [-0.15, -0.1) is 0 Å². The molecule has 2 aliphatic rings. The average Bonchev–Trinajstić information content (AvgIpc) is 3.34. The molecule has 2 heterocycles. The molecule has 0 radical (unpaired) electrons. The highest BCUT2D eigenvalue weighted by Gasteiger charge is 2.53. The Morgan fingerprint density at radius 2 is 1.47 bits per heavy atom. The van der Waals surface area contributed by atoms with Gasteiger partial charge >= 0.3 is 0 Å². The van der Waals surface area contributed by atoms with Gasteiger partial charge in [0.1, 0.15) is 48.8 Å². The van der Waals surface area contributed by atoms with Crippen molar-refractivity contribution in [3.8, 4) is 0 Å². The highest BCUT2D eigenvalue weighted by Crippen LogP contribution is 2.33. The predicted octanol–water partition coefficient (Wildman–Crippen LogP) is -0.0501. The number of hydrogen-bond donors (Lipinski definition) is 4. The van der Waals surface area contributed by atoms with E-state index in [9.17, 15) is 20.4 Å². The highest BCUT2D eigenvalue weighted by molar-refractivity contribution is 4.96. The van der Waals surface area contributed by atoms with E-state index >= 15 is 0 Å². The molecule has 0 saturated carbocycles. The van der Waals surface area contributed by atoms with Crippen molar-refractivity contribution < 1.29 is 53.6 Å². The molecule has 2 aliphatic heterocycles. The number of ether oxygens (including phenoxy) is 7. The second-order valence-corrected chi connectivity index (χ2v) is 8.84. The zero-order valence-corrected chi connectivity index (χ0v) is 20.8. The summed E-state index contributed by atoms with van der Waals surface area (Å²) in [7, 11) is 4.58. The number of methoxy groups -OCH3 is 3. The van der Waals surface area contributed by atoms with Crippen molar-refractivity contribution in [3.63, 3.8) is 0 Å². The maximum atomic E-state index is 10.4. The van der Waals surface area contributed by atoms with Crippen LogP contribution in [0.15, 0.2) is 0 Å². The van der Waals surface area contributed by atoms with E-state index in [4.69, 9.17) is 33.2 Å². The molecule has 11 heteroatoms. The maximum absolute atomic E-state index is 10.4. The van der Waals surface area contributed by atoms with E-state index in [2.05, 4.69) is 6.92 Å². The Bertz CT molecular complexity index is 539. The van der Waals surface area contributed by atoms with E-state index in [1.807, 2.05) is 0 Å². The minimum Gasteiger partial charge on any atom is -0.394 e. The molecular formula is C23H44O11. The molecular weight excluding hydrogens is 452 g/mol. The van der Waals surface area contributed by atoms with Gasteiger partial charge in [-0.3, -0.25) is 0 Å². The Morgan fingerprint density at radius 1 is 0.824 bits per heavy atom. The van der Waals surface area contributed by atoms with Gasteiger partial charge in [0.15, 0.2) is 12.6 Å². The Balaban J connectivity index is 1.99. The van der Waals surface area contributed by atoms with E-state index in [1.165, 1.54) is 39.9 Å². The summed E-state index contributed by atoms with van der Waals surface area (Å²) in [4.78, 5) is 0. The molecule has 2 saturated heterocycles. The first-order valence-corrected chi connectivity index (χ1v) is 12.2. The lowest BCUT2D eigenvalue weighted by molar-refractivity contribution is -0.245. The molecule has 10 atom stereocenters. The minimum absolute atomic E-state index is 0.0704. The molecule has 0 amide bonds. The van der Waals surface area contributed by atoms with E-state index in [-0.39, 0.29) is 6.61 Å². The second-order valence-electron chi connectivity index (χ2n) is 8.84. The molecule has 2 fully saturated rings. The van der Waals surface area contributed by atoms with Gasteiger partial charge in [0, 0.05) is 27.9 Å². The summed E-state index contributed by atoms with van der Waals surface area (Å²) in [6.45, 7) is 2.15. The number of aliphatic hydroxyl groups excluding tert-OH is 4. The Hall–Kier alpha value is -0.440. The summed E-state index contributed by atoms with van der Waals surface area (Å²) in [5.41, 5.74) is 0. The Morgan fingerprint density at radius 3 is 2.09 bits per heavy atom. The smallest absolute Gasteiger partial charge is 0.187 e. The molecule has 1 unspecified atom stereocenters. The molecule has 0 aromatic carbocycles. The van der Waals surface area contributed by atoms with Crippen LogP contribution in [0.25, 0.3) is 0 Å². The normalized spacial score (nSPS) is 35.6. The minimum atomic E-state index is -1.44. The molecule has 4 N–H and O–H groups in total. The molecule has 11 nitrogen and oxygen atoms in total. The number of hydrogen-bond acceptors (Lipinski definition) is 11. The quantitative estimate of drug-likeness (QED) is 0.201. The van der Waals surface area contributed by atoms with Gasteiger partial charge in [0.25, 0.3) is 0 Å². The summed E-state index contributed by atoms with van der Waals surface area (Å²) in [6, 6.07) is 0. The van der Waals surface area contributed by atoms with Gasteiger partial charge in [-0.05, 0) is 6.42 Å². The first-order chi connectivity index (χ1) is 16.4. The van der Waals surface area contributed by atoms with Crippen LogP contribution in [0.3, 0.4) is 0 Å². The second kappa shape index (κ2) is 15.6. The summed E-state index contributed by atoms with van der Waals surface area (Å²) in [5.74, 6) is 0. The van der Waals surface area contributed by atoms with Crippen LogP contribution in [0, 0.1) is 0 Å². The third-order valence-electron chi connectivity index (χ3n) is 6.36.